The minimum atomic E-state index is -2.93. The van der Waals surface area contributed by atoms with E-state index in [1.807, 2.05) is 0 Å². The molecule has 22 heavy (non-hydrogen) atoms. The Morgan fingerprint density at radius 2 is 1.77 bits per heavy atom. The molecule has 126 valence electrons. The Morgan fingerprint density at radius 1 is 1.23 bits per heavy atom. The standard InChI is InChI=1S/C15H23F2NO4/c1-13(2,3)22-12(21)18-6-4-14(5-7-18)9-15(16,17)8-10(14)11(19)20/h10H,4-9H2,1-3H3,(H,19,20)/t10-/m0/s1. The Morgan fingerprint density at radius 3 is 2.23 bits per heavy atom. The lowest BCUT2D eigenvalue weighted by molar-refractivity contribution is -0.147. The van der Waals surface area contributed by atoms with Gasteiger partial charge in [-0.15, -0.1) is 0 Å². The Balaban J connectivity index is 2.04. The highest BCUT2D eigenvalue weighted by Gasteiger charge is 2.59. The van der Waals surface area contributed by atoms with Gasteiger partial charge in [-0.1, -0.05) is 0 Å². The van der Waals surface area contributed by atoms with Crippen LogP contribution in [0.3, 0.4) is 0 Å². The summed E-state index contributed by atoms with van der Waals surface area (Å²) in [7, 11) is 0. The number of aliphatic carboxylic acids is 1. The van der Waals surface area contributed by atoms with Crippen molar-refractivity contribution >= 4 is 12.1 Å². The van der Waals surface area contributed by atoms with Crippen molar-refractivity contribution in [2.75, 3.05) is 13.1 Å². The van der Waals surface area contributed by atoms with Crippen LogP contribution in [0.5, 0.6) is 0 Å². The van der Waals surface area contributed by atoms with Crippen molar-refractivity contribution in [2.45, 2.75) is 58.0 Å². The first-order valence-electron chi connectivity index (χ1n) is 7.53. The number of halogens is 2. The van der Waals surface area contributed by atoms with Crippen LogP contribution in [-0.2, 0) is 9.53 Å². The van der Waals surface area contributed by atoms with E-state index < -0.39 is 47.8 Å². The zero-order valence-electron chi connectivity index (χ0n) is 13.2. The number of alkyl halides is 2. The fourth-order valence-corrected chi connectivity index (χ4v) is 3.56. The summed E-state index contributed by atoms with van der Waals surface area (Å²) in [5, 5.41) is 9.25. The lowest BCUT2D eigenvalue weighted by atomic mass is 9.70. The van der Waals surface area contributed by atoms with E-state index in [2.05, 4.69) is 0 Å². The molecule has 0 radical (unpaired) electrons. The van der Waals surface area contributed by atoms with Crippen LogP contribution < -0.4 is 0 Å². The molecule has 2 fully saturated rings. The van der Waals surface area contributed by atoms with Gasteiger partial charge in [0.05, 0.1) is 5.92 Å². The van der Waals surface area contributed by atoms with Crippen molar-refractivity contribution in [1.82, 2.24) is 4.90 Å². The van der Waals surface area contributed by atoms with E-state index in [1.165, 1.54) is 4.90 Å². The summed E-state index contributed by atoms with van der Waals surface area (Å²) >= 11 is 0. The second-order valence-corrected chi connectivity index (χ2v) is 7.46. The first kappa shape index (κ1) is 17.0. The van der Waals surface area contributed by atoms with Crippen LogP contribution in [0.15, 0.2) is 0 Å². The van der Waals surface area contributed by atoms with Crippen molar-refractivity contribution in [1.29, 1.82) is 0 Å². The number of hydrogen-bond donors (Lipinski definition) is 1. The third-order valence-corrected chi connectivity index (χ3v) is 4.56. The molecular weight excluding hydrogens is 296 g/mol. The van der Waals surface area contributed by atoms with Crippen LogP contribution in [0, 0.1) is 11.3 Å². The quantitative estimate of drug-likeness (QED) is 0.806. The van der Waals surface area contributed by atoms with Gasteiger partial charge in [0.1, 0.15) is 5.60 Å². The van der Waals surface area contributed by atoms with Crippen molar-refractivity contribution < 1.29 is 28.2 Å². The van der Waals surface area contributed by atoms with Gasteiger partial charge >= 0.3 is 12.1 Å². The lowest BCUT2D eigenvalue weighted by Gasteiger charge is -2.41. The molecule has 5 nitrogen and oxygen atoms in total. The van der Waals surface area contributed by atoms with Gasteiger partial charge in [0, 0.05) is 25.9 Å². The van der Waals surface area contributed by atoms with Crippen molar-refractivity contribution in [3.05, 3.63) is 0 Å². The number of piperidine rings is 1. The molecule has 1 saturated carbocycles. The van der Waals surface area contributed by atoms with E-state index in [0.29, 0.717) is 0 Å². The smallest absolute Gasteiger partial charge is 0.410 e. The average molecular weight is 319 g/mol. The molecule has 2 aliphatic rings. The number of carboxylic acids is 1. The number of nitrogens with zero attached hydrogens (tertiary/aromatic N) is 1. The number of ether oxygens (including phenoxy) is 1. The molecule has 0 aromatic rings. The van der Waals surface area contributed by atoms with E-state index in [0.717, 1.165) is 0 Å². The number of carbonyl (C=O) groups is 2. The highest BCUT2D eigenvalue weighted by molar-refractivity contribution is 5.72. The summed E-state index contributed by atoms with van der Waals surface area (Å²) in [6.45, 7) is 5.79. The highest BCUT2D eigenvalue weighted by atomic mass is 19.3. The van der Waals surface area contributed by atoms with Crippen LogP contribution in [0.4, 0.5) is 13.6 Å². The number of hydrogen-bond acceptors (Lipinski definition) is 3. The van der Waals surface area contributed by atoms with Crippen LogP contribution in [0.25, 0.3) is 0 Å². The largest absolute Gasteiger partial charge is 0.481 e. The number of carbonyl (C=O) groups excluding carboxylic acids is 1. The second kappa shape index (κ2) is 5.35. The number of amides is 1. The van der Waals surface area contributed by atoms with Crippen molar-refractivity contribution in [3.8, 4) is 0 Å². The molecule has 0 aromatic carbocycles. The topological polar surface area (TPSA) is 66.8 Å². The number of rotatable bonds is 1. The molecule has 0 unspecified atom stereocenters. The zero-order chi connectivity index (χ0) is 16.8. The average Bonchev–Trinajstić information content (AvgIpc) is 2.59. The molecule has 1 aliphatic heterocycles. The van der Waals surface area contributed by atoms with E-state index >= 15 is 0 Å². The summed E-state index contributed by atoms with van der Waals surface area (Å²) < 4.78 is 32.7. The van der Waals surface area contributed by atoms with Crippen LogP contribution in [0.1, 0.15) is 46.5 Å². The van der Waals surface area contributed by atoms with Gasteiger partial charge in [-0.2, -0.15) is 0 Å². The molecule has 2 rings (SSSR count). The second-order valence-electron chi connectivity index (χ2n) is 7.46. The summed E-state index contributed by atoms with van der Waals surface area (Å²) in [4.78, 5) is 24.8. The monoisotopic (exact) mass is 319 g/mol. The summed E-state index contributed by atoms with van der Waals surface area (Å²) in [6, 6.07) is 0. The molecule has 1 heterocycles. The normalized spacial score (nSPS) is 27.0. The SMILES string of the molecule is CC(C)(C)OC(=O)N1CCC2(CC1)CC(F)(F)C[C@H]2C(=O)O. The Hall–Kier alpha value is -1.40. The maximum absolute atomic E-state index is 13.7. The summed E-state index contributed by atoms with van der Waals surface area (Å²) in [5.41, 5.74) is -1.52. The molecule has 1 atom stereocenters. The van der Waals surface area contributed by atoms with Crippen molar-refractivity contribution in [3.63, 3.8) is 0 Å². The van der Waals surface area contributed by atoms with E-state index in [9.17, 15) is 23.5 Å². The highest BCUT2D eigenvalue weighted by Crippen LogP contribution is 2.56. The Labute approximate surface area is 128 Å². The molecular formula is C15H23F2NO4. The van der Waals surface area contributed by atoms with E-state index in [4.69, 9.17) is 4.74 Å². The Bertz CT molecular complexity index is 465. The van der Waals surface area contributed by atoms with Crippen molar-refractivity contribution in [2.24, 2.45) is 11.3 Å². The fourth-order valence-electron chi connectivity index (χ4n) is 3.56. The van der Waals surface area contributed by atoms with Gasteiger partial charge in [0.15, 0.2) is 0 Å². The molecule has 0 aromatic heterocycles. The minimum Gasteiger partial charge on any atom is -0.481 e. The molecule has 0 bridgehead atoms. The molecule has 1 amide bonds. The van der Waals surface area contributed by atoms with Gasteiger partial charge in [-0.3, -0.25) is 4.79 Å². The van der Waals surface area contributed by atoms with Crippen LogP contribution in [-0.4, -0.2) is 46.7 Å². The lowest BCUT2D eigenvalue weighted by Crippen LogP contribution is -2.47. The third-order valence-electron chi connectivity index (χ3n) is 4.56. The summed E-state index contributed by atoms with van der Waals surface area (Å²) in [5.74, 6) is -5.14. The van der Waals surface area contributed by atoms with E-state index in [1.54, 1.807) is 20.8 Å². The first-order chi connectivity index (χ1) is 9.94. The molecule has 1 aliphatic carbocycles. The molecule has 1 N–H and O–H groups in total. The van der Waals surface area contributed by atoms with E-state index in [-0.39, 0.29) is 25.9 Å². The minimum absolute atomic E-state index is 0.259. The predicted molar refractivity (Wildman–Crippen MR) is 74.8 cm³/mol. The van der Waals surface area contributed by atoms with Gasteiger partial charge in [0.25, 0.3) is 0 Å². The summed E-state index contributed by atoms with van der Waals surface area (Å²) in [6.07, 6.45) is -0.926. The number of likely N-dealkylation sites (tertiary alicyclic amines) is 1. The molecule has 1 spiro atoms. The van der Waals surface area contributed by atoms with Gasteiger partial charge in [-0.05, 0) is 39.0 Å². The first-order valence-corrected chi connectivity index (χ1v) is 7.53. The maximum atomic E-state index is 13.7. The van der Waals surface area contributed by atoms with Gasteiger partial charge in [-0.25, -0.2) is 13.6 Å². The van der Waals surface area contributed by atoms with Gasteiger partial charge in [0.2, 0.25) is 5.92 Å². The fraction of sp³-hybridized carbons (Fsp3) is 0.867. The van der Waals surface area contributed by atoms with Gasteiger partial charge < -0.3 is 14.7 Å². The molecule has 1 saturated heterocycles. The maximum Gasteiger partial charge on any atom is 0.410 e. The van der Waals surface area contributed by atoms with Crippen LogP contribution >= 0.6 is 0 Å². The third kappa shape index (κ3) is 3.50. The van der Waals surface area contributed by atoms with Crippen LogP contribution in [0.2, 0.25) is 0 Å². The predicted octanol–water partition coefficient (Wildman–Crippen LogP) is 3.13. The zero-order valence-corrected chi connectivity index (χ0v) is 13.2. The molecule has 7 heteroatoms. The number of carboxylic acid groups (broad SMARTS) is 1. The Kier molecular flexibility index (Phi) is 4.13.